The van der Waals surface area contributed by atoms with Crippen LogP contribution in [0.3, 0.4) is 0 Å². The fourth-order valence-corrected chi connectivity index (χ4v) is 2.96. The maximum Gasteiger partial charge on any atom is 0.0499 e. The highest BCUT2D eigenvalue weighted by Crippen LogP contribution is 2.28. The Balaban J connectivity index is 2.37. The fourth-order valence-electron chi connectivity index (χ4n) is 2.96. The second-order valence-corrected chi connectivity index (χ2v) is 5.93. The highest BCUT2D eigenvalue weighted by Gasteiger charge is 2.27. The average Bonchev–Trinajstić information content (AvgIpc) is 2.41. The van der Waals surface area contributed by atoms with Crippen LogP contribution in [0.1, 0.15) is 65.7 Å². The summed E-state index contributed by atoms with van der Waals surface area (Å²) < 4.78 is 0. The first kappa shape index (κ1) is 15.0. The summed E-state index contributed by atoms with van der Waals surface area (Å²) in [5.74, 6) is 0.855. The van der Waals surface area contributed by atoms with E-state index in [0.717, 1.165) is 25.3 Å². The molecule has 0 aromatic carbocycles. The molecule has 0 radical (unpaired) electrons. The van der Waals surface area contributed by atoms with E-state index in [1.807, 2.05) is 0 Å². The molecule has 1 aliphatic rings. The summed E-state index contributed by atoms with van der Waals surface area (Å²) in [7, 11) is 0. The third-order valence-corrected chi connectivity index (χ3v) is 4.99. The van der Waals surface area contributed by atoms with Crippen molar-refractivity contribution >= 4 is 0 Å². The Morgan fingerprint density at radius 3 is 2.24 bits per heavy atom. The first-order valence-electron chi connectivity index (χ1n) is 7.51. The van der Waals surface area contributed by atoms with Crippen LogP contribution in [0.2, 0.25) is 0 Å². The van der Waals surface area contributed by atoms with Gasteiger partial charge < -0.3 is 10.4 Å². The van der Waals surface area contributed by atoms with E-state index in [9.17, 15) is 5.11 Å². The molecule has 0 unspecified atom stereocenters. The zero-order valence-corrected chi connectivity index (χ0v) is 12.0. The van der Waals surface area contributed by atoms with E-state index < -0.39 is 0 Å². The van der Waals surface area contributed by atoms with Crippen LogP contribution in [0.5, 0.6) is 0 Å². The van der Waals surface area contributed by atoms with Crippen molar-refractivity contribution < 1.29 is 5.11 Å². The predicted molar refractivity (Wildman–Crippen MR) is 74.1 cm³/mol. The first-order chi connectivity index (χ1) is 8.17. The van der Waals surface area contributed by atoms with Crippen molar-refractivity contribution in [3.05, 3.63) is 0 Å². The lowest BCUT2D eigenvalue weighted by molar-refractivity contribution is 0.105. The monoisotopic (exact) mass is 241 g/mol. The Hall–Kier alpha value is -0.0800. The molecule has 0 aromatic rings. The largest absolute Gasteiger partial charge is 0.396 e. The topological polar surface area (TPSA) is 32.3 Å². The fraction of sp³-hybridized carbons (Fsp3) is 1.00. The maximum atomic E-state index is 9.56. The van der Waals surface area contributed by atoms with Gasteiger partial charge in [0.1, 0.15) is 0 Å². The van der Waals surface area contributed by atoms with Gasteiger partial charge in [-0.3, -0.25) is 0 Å². The maximum absolute atomic E-state index is 9.56. The summed E-state index contributed by atoms with van der Waals surface area (Å²) in [5.41, 5.74) is 0.100. The van der Waals surface area contributed by atoms with Crippen LogP contribution in [0, 0.1) is 11.3 Å². The summed E-state index contributed by atoms with van der Waals surface area (Å²) in [6.45, 7) is 7.97. The molecule has 0 aliphatic heterocycles. The van der Waals surface area contributed by atoms with Gasteiger partial charge in [-0.15, -0.1) is 0 Å². The van der Waals surface area contributed by atoms with Crippen molar-refractivity contribution in [2.45, 2.75) is 71.8 Å². The van der Waals surface area contributed by atoms with Crippen molar-refractivity contribution in [2.24, 2.45) is 11.3 Å². The van der Waals surface area contributed by atoms with E-state index in [0.29, 0.717) is 12.6 Å². The lowest BCUT2D eigenvalue weighted by atomic mass is 9.81. The Morgan fingerprint density at radius 1 is 1.18 bits per heavy atom. The number of aliphatic hydroxyl groups is 1. The van der Waals surface area contributed by atoms with E-state index in [-0.39, 0.29) is 5.41 Å². The molecule has 2 heteroatoms. The second-order valence-electron chi connectivity index (χ2n) is 5.93. The molecule has 1 aliphatic carbocycles. The Kier molecular flexibility index (Phi) is 6.50. The molecule has 0 saturated heterocycles. The molecule has 17 heavy (non-hydrogen) atoms. The van der Waals surface area contributed by atoms with Gasteiger partial charge in [-0.2, -0.15) is 0 Å². The van der Waals surface area contributed by atoms with Crippen molar-refractivity contribution in [2.75, 3.05) is 13.2 Å². The zero-order valence-electron chi connectivity index (χ0n) is 12.0. The van der Waals surface area contributed by atoms with E-state index in [4.69, 9.17) is 0 Å². The minimum atomic E-state index is 0.100. The van der Waals surface area contributed by atoms with Crippen LogP contribution in [0.25, 0.3) is 0 Å². The van der Waals surface area contributed by atoms with E-state index in [1.165, 1.54) is 32.1 Å². The van der Waals surface area contributed by atoms with Crippen molar-refractivity contribution in [1.82, 2.24) is 5.32 Å². The smallest absolute Gasteiger partial charge is 0.0499 e. The van der Waals surface area contributed by atoms with Gasteiger partial charge in [0.2, 0.25) is 0 Å². The van der Waals surface area contributed by atoms with E-state index >= 15 is 0 Å². The van der Waals surface area contributed by atoms with Crippen molar-refractivity contribution in [3.8, 4) is 0 Å². The third-order valence-electron chi connectivity index (χ3n) is 4.99. The molecule has 0 amide bonds. The van der Waals surface area contributed by atoms with Gasteiger partial charge in [-0.25, -0.2) is 0 Å². The second kappa shape index (κ2) is 7.38. The molecule has 1 atom stereocenters. The van der Waals surface area contributed by atoms with Crippen LogP contribution >= 0.6 is 0 Å². The highest BCUT2D eigenvalue weighted by molar-refractivity contribution is 4.82. The molecule has 1 rings (SSSR count). The summed E-state index contributed by atoms with van der Waals surface area (Å²) in [5, 5.41) is 13.2. The van der Waals surface area contributed by atoms with E-state index in [1.54, 1.807) is 0 Å². The zero-order chi connectivity index (χ0) is 12.7. The Labute approximate surface area is 107 Å². The highest BCUT2D eigenvalue weighted by atomic mass is 16.3. The SMILES string of the molecule is CCC(CC)(CO)CN[C@@H](C)C1CCCCC1. The molecule has 2 nitrogen and oxygen atoms in total. The molecule has 0 heterocycles. The molecule has 0 spiro atoms. The molecule has 1 saturated carbocycles. The van der Waals surface area contributed by atoms with Crippen molar-refractivity contribution in [3.63, 3.8) is 0 Å². The number of hydrogen-bond donors (Lipinski definition) is 2. The van der Waals surface area contributed by atoms with Crippen LogP contribution in [0.4, 0.5) is 0 Å². The predicted octanol–water partition coefficient (Wildman–Crippen LogP) is 3.34. The molecule has 1 fully saturated rings. The van der Waals surface area contributed by atoms with Gasteiger partial charge in [0.05, 0.1) is 0 Å². The van der Waals surface area contributed by atoms with Gasteiger partial charge in [0, 0.05) is 24.6 Å². The van der Waals surface area contributed by atoms with Gasteiger partial charge in [0.25, 0.3) is 0 Å². The normalized spacial score (nSPS) is 20.5. The van der Waals surface area contributed by atoms with Crippen molar-refractivity contribution in [1.29, 1.82) is 0 Å². The molecule has 0 bridgehead atoms. The lowest BCUT2D eigenvalue weighted by Crippen LogP contribution is -2.43. The molecule has 102 valence electrons. The minimum Gasteiger partial charge on any atom is -0.396 e. The molecule has 0 aromatic heterocycles. The Bertz CT molecular complexity index is 187. The molecular formula is C15H31NO. The molecule has 2 N–H and O–H groups in total. The summed E-state index contributed by atoms with van der Waals surface area (Å²) in [4.78, 5) is 0. The van der Waals surface area contributed by atoms with Crippen LogP contribution < -0.4 is 5.32 Å². The minimum absolute atomic E-state index is 0.100. The summed E-state index contributed by atoms with van der Waals surface area (Å²) in [6.07, 6.45) is 9.13. The van der Waals surface area contributed by atoms with Crippen LogP contribution in [0.15, 0.2) is 0 Å². The van der Waals surface area contributed by atoms with Gasteiger partial charge in [-0.1, -0.05) is 33.1 Å². The summed E-state index contributed by atoms with van der Waals surface area (Å²) >= 11 is 0. The van der Waals surface area contributed by atoms with Crippen LogP contribution in [-0.4, -0.2) is 24.3 Å². The lowest BCUT2D eigenvalue weighted by Gasteiger charge is -2.34. The number of aliphatic hydroxyl groups excluding tert-OH is 1. The number of nitrogens with one attached hydrogen (secondary N) is 1. The Morgan fingerprint density at radius 2 is 1.76 bits per heavy atom. The summed E-state index contributed by atoms with van der Waals surface area (Å²) in [6, 6.07) is 0.610. The van der Waals surface area contributed by atoms with Gasteiger partial charge >= 0.3 is 0 Å². The standard InChI is InChI=1S/C15H31NO/c1-4-15(5-2,12-17)11-16-13(3)14-9-7-6-8-10-14/h13-14,16-17H,4-12H2,1-3H3/t13-/m0/s1. The molecular weight excluding hydrogens is 210 g/mol. The van der Waals surface area contributed by atoms with Gasteiger partial charge in [0.15, 0.2) is 0 Å². The van der Waals surface area contributed by atoms with Gasteiger partial charge in [-0.05, 0) is 38.5 Å². The average molecular weight is 241 g/mol. The number of hydrogen-bond acceptors (Lipinski definition) is 2. The third kappa shape index (κ3) is 4.26. The van der Waals surface area contributed by atoms with Crippen LogP contribution in [-0.2, 0) is 0 Å². The first-order valence-corrected chi connectivity index (χ1v) is 7.51. The van der Waals surface area contributed by atoms with E-state index in [2.05, 4.69) is 26.1 Å². The quantitative estimate of drug-likeness (QED) is 0.716. The number of rotatable bonds is 7.